The lowest BCUT2D eigenvalue weighted by Crippen LogP contribution is -2.13. The fraction of sp³-hybridized carbons (Fsp3) is 0.0476. The Morgan fingerprint density at radius 3 is 2.08 bits per heavy atom. The first-order valence-electron chi connectivity index (χ1n) is 7.99. The van der Waals surface area contributed by atoms with Crippen molar-refractivity contribution in [3.8, 4) is 11.5 Å². The summed E-state index contributed by atoms with van der Waals surface area (Å²) < 4.78 is 10.5. The highest BCUT2D eigenvalue weighted by molar-refractivity contribution is 6.05. The minimum absolute atomic E-state index is 0.300. The number of carbonyl (C=O) groups excluding carboxylic acids is 2. The zero-order valence-electron chi connectivity index (χ0n) is 14.1. The molecule has 0 saturated heterocycles. The van der Waals surface area contributed by atoms with Gasteiger partial charge >= 0.3 is 5.97 Å². The number of nitrogens with one attached hydrogen (secondary N) is 1. The Bertz CT molecular complexity index is 905. The van der Waals surface area contributed by atoms with Gasteiger partial charge in [-0.05, 0) is 48.5 Å². The average molecular weight is 347 g/mol. The summed E-state index contributed by atoms with van der Waals surface area (Å²) in [5, 5.41) is 2.83. The first-order chi connectivity index (χ1) is 12.7. The molecule has 0 aliphatic rings. The van der Waals surface area contributed by atoms with E-state index >= 15 is 0 Å². The van der Waals surface area contributed by atoms with Gasteiger partial charge in [0.05, 0.1) is 18.4 Å². The van der Waals surface area contributed by atoms with Gasteiger partial charge in [0, 0.05) is 5.56 Å². The Kier molecular flexibility index (Phi) is 5.29. The van der Waals surface area contributed by atoms with Crippen molar-refractivity contribution in [3.05, 3.63) is 90.0 Å². The number of carbonyl (C=O) groups is 2. The van der Waals surface area contributed by atoms with Crippen molar-refractivity contribution in [1.82, 2.24) is 0 Å². The molecule has 0 atom stereocenters. The molecule has 0 unspecified atom stereocenters. The maximum absolute atomic E-state index is 12.5. The number of ether oxygens (including phenoxy) is 2. The quantitative estimate of drug-likeness (QED) is 0.689. The Morgan fingerprint density at radius 1 is 0.769 bits per heavy atom. The first kappa shape index (κ1) is 17.2. The average Bonchev–Trinajstić information content (AvgIpc) is 2.69. The summed E-state index contributed by atoms with van der Waals surface area (Å²) in [5.41, 5.74) is 1.36. The molecule has 3 aromatic carbocycles. The molecular weight excluding hydrogens is 330 g/mol. The van der Waals surface area contributed by atoms with E-state index in [0.29, 0.717) is 28.3 Å². The Labute approximate surface area is 151 Å². The van der Waals surface area contributed by atoms with E-state index in [1.54, 1.807) is 36.4 Å². The molecule has 3 aromatic rings. The molecule has 3 rings (SSSR count). The summed E-state index contributed by atoms with van der Waals surface area (Å²) in [4.78, 5) is 24.0. The van der Waals surface area contributed by atoms with Crippen LogP contribution in [-0.2, 0) is 4.74 Å². The van der Waals surface area contributed by atoms with Gasteiger partial charge in [0.1, 0.15) is 5.75 Å². The highest BCUT2D eigenvalue weighted by atomic mass is 16.5. The number of rotatable bonds is 5. The van der Waals surface area contributed by atoms with Crippen LogP contribution in [0.3, 0.4) is 0 Å². The van der Waals surface area contributed by atoms with Gasteiger partial charge in [0.15, 0.2) is 5.75 Å². The summed E-state index contributed by atoms with van der Waals surface area (Å²) in [7, 11) is 1.31. The summed E-state index contributed by atoms with van der Waals surface area (Å²) in [6, 6.07) is 22.8. The number of benzene rings is 3. The van der Waals surface area contributed by atoms with Crippen LogP contribution < -0.4 is 10.1 Å². The van der Waals surface area contributed by atoms with E-state index < -0.39 is 5.97 Å². The Hall–Kier alpha value is -3.60. The van der Waals surface area contributed by atoms with Gasteiger partial charge in [-0.1, -0.05) is 30.3 Å². The van der Waals surface area contributed by atoms with E-state index in [1.807, 2.05) is 42.5 Å². The lowest BCUT2D eigenvalue weighted by atomic mass is 10.1. The minimum Gasteiger partial charge on any atom is -0.465 e. The predicted octanol–water partition coefficient (Wildman–Crippen LogP) is 4.52. The first-order valence-corrected chi connectivity index (χ1v) is 7.99. The molecule has 1 amide bonds. The lowest BCUT2D eigenvalue weighted by Gasteiger charge is -2.12. The molecule has 0 spiro atoms. The predicted molar refractivity (Wildman–Crippen MR) is 98.7 cm³/mol. The SMILES string of the molecule is COC(=O)c1ccc(C(=O)Nc2ccccc2Oc2ccccc2)cc1. The van der Waals surface area contributed by atoms with Gasteiger partial charge in [0.2, 0.25) is 0 Å². The number of anilines is 1. The standard InChI is InChI=1S/C21H17NO4/c1-25-21(24)16-13-11-15(12-14-16)20(23)22-18-9-5-6-10-19(18)26-17-7-3-2-4-8-17/h2-14H,1H3,(H,22,23). The topological polar surface area (TPSA) is 64.6 Å². The summed E-state index contributed by atoms with van der Waals surface area (Å²) in [6.07, 6.45) is 0. The van der Waals surface area contributed by atoms with Gasteiger partial charge in [-0.15, -0.1) is 0 Å². The van der Waals surface area contributed by atoms with Crippen molar-refractivity contribution >= 4 is 17.6 Å². The zero-order valence-corrected chi connectivity index (χ0v) is 14.1. The van der Waals surface area contributed by atoms with Crippen LogP contribution >= 0.6 is 0 Å². The molecule has 0 heterocycles. The largest absolute Gasteiger partial charge is 0.465 e. The maximum atomic E-state index is 12.5. The second-order valence-electron chi connectivity index (χ2n) is 5.43. The summed E-state index contributed by atoms with van der Waals surface area (Å²) >= 11 is 0. The number of para-hydroxylation sites is 3. The van der Waals surface area contributed by atoms with E-state index in [0.717, 1.165) is 0 Å². The van der Waals surface area contributed by atoms with Gasteiger partial charge in [-0.2, -0.15) is 0 Å². The van der Waals surface area contributed by atoms with E-state index in [-0.39, 0.29) is 5.91 Å². The van der Waals surface area contributed by atoms with E-state index in [9.17, 15) is 9.59 Å². The number of esters is 1. The van der Waals surface area contributed by atoms with Crippen molar-refractivity contribution in [3.63, 3.8) is 0 Å². The molecule has 0 saturated carbocycles. The fourth-order valence-corrected chi connectivity index (χ4v) is 2.34. The maximum Gasteiger partial charge on any atom is 0.337 e. The van der Waals surface area contributed by atoms with Crippen molar-refractivity contribution < 1.29 is 19.1 Å². The normalized spacial score (nSPS) is 10.0. The van der Waals surface area contributed by atoms with Crippen molar-refractivity contribution in [2.24, 2.45) is 0 Å². The molecule has 0 radical (unpaired) electrons. The molecule has 130 valence electrons. The highest BCUT2D eigenvalue weighted by Gasteiger charge is 2.12. The van der Waals surface area contributed by atoms with Crippen LogP contribution in [0.5, 0.6) is 11.5 Å². The highest BCUT2D eigenvalue weighted by Crippen LogP contribution is 2.29. The molecule has 0 bridgehead atoms. The third-order valence-electron chi connectivity index (χ3n) is 3.67. The van der Waals surface area contributed by atoms with Gasteiger partial charge in [0.25, 0.3) is 5.91 Å². The Morgan fingerprint density at radius 2 is 1.38 bits per heavy atom. The molecule has 5 heteroatoms. The molecule has 5 nitrogen and oxygen atoms in total. The molecule has 0 fully saturated rings. The van der Waals surface area contributed by atoms with E-state index in [1.165, 1.54) is 7.11 Å². The number of methoxy groups -OCH3 is 1. The molecule has 0 aliphatic heterocycles. The van der Waals surface area contributed by atoms with Crippen LogP contribution in [0.15, 0.2) is 78.9 Å². The molecule has 26 heavy (non-hydrogen) atoms. The smallest absolute Gasteiger partial charge is 0.337 e. The van der Waals surface area contributed by atoms with Crippen molar-refractivity contribution in [2.45, 2.75) is 0 Å². The monoisotopic (exact) mass is 347 g/mol. The number of hydrogen-bond donors (Lipinski definition) is 1. The van der Waals surface area contributed by atoms with E-state index in [4.69, 9.17) is 4.74 Å². The summed E-state index contributed by atoms with van der Waals surface area (Å²) in [6.45, 7) is 0. The Balaban J connectivity index is 1.76. The fourth-order valence-electron chi connectivity index (χ4n) is 2.34. The van der Waals surface area contributed by atoms with Crippen LogP contribution in [0, 0.1) is 0 Å². The third-order valence-corrected chi connectivity index (χ3v) is 3.67. The van der Waals surface area contributed by atoms with Crippen molar-refractivity contribution in [2.75, 3.05) is 12.4 Å². The van der Waals surface area contributed by atoms with Crippen LogP contribution in [0.2, 0.25) is 0 Å². The summed E-state index contributed by atoms with van der Waals surface area (Å²) in [5.74, 6) is 0.471. The molecule has 0 aromatic heterocycles. The second kappa shape index (κ2) is 7.98. The zero-order chi connectivity index (χ0) is 18.4. The van der Waals surface area contributed by atoms with Crippen LogP contribution in [0.25, 0.3) is 0 Å². The molecular formula is C21H17NO4. The van der Waals surface area contributed by atoms with Gasteiger partial charge in [-0.25, -0.2) is 4.79 Å². The van der Waals surface area contributed by atoms with Crippen LogP contribution in [0.1, 0.15) is 20.7 Å². The number of amides is 1. The van der Waals surface area contributed by atoms with Gasteiger partial charge < -0.3 is 14.8 Å². The van der Waals surface area contributed by atoms with Crippen LogP contribution in [-0.4, -0.2) is 19.0 Å². The van der Waals surface area contributed by atoms with Gasteiger partial charge in [-0.3, -0.25) is 4.79 Å². The molecule has 0 aliphatic carbocycles. The van der Waals surface area contributed by atoms with Crippen molar-refractivity contribution in [1.29, 1.82) is 0 Å². The van der Waals surface area contributed by atoms with E-state index in [2.05, 4.69) is 10.1 Å². The van der Waals surface area contributed by atoms with Crippen LogP contribution in [0.4, 0.5) is 5.69 Å². The lowest BCUT2D eigenvalue weighted by molar-refractivity contribution is 0.0600. The minimum atomic E-state index is -0.446. The number of hydrogen-bond acceptors (Lipinski definition) is 4. The second-order valence-corrected chi connectivity index (χ2v) is 5.43. The molecule has 1 N–H and O–H groups in total. The third kappa shape index (κ3) is 4.08.